The molecular weight excluding hydrogens is 368 g/mol. The predicted octanol–water partition coefficient (Wildman–Crippen LogP) is 3.55. The first-order chi connectivity index (χ1) is 13.6. The number of rotatable bonds is 2. The first kappa shape index (κ1) is 17.8. The Balaban J connectivity index is 1.42. The highest BCUT2D eigenvalue weighted by atomic mass is 32.1. The van der Waals surface area contributed by atoms with Crippen LogP contribution in [0.15, 0.2) is 12.4 Å². The third kappa shape index (κ3) is 3.11. The Hall–Kier alpha value is -2.28. The molecule has 0 N–H and O–H groups in total. The van der Waals surface area contributed by atoms with Crippen LogP contribution < -0.4 is 9.80 Å². The molecule has 0 saturated carbocycles. The molecule has 0 radical (unpaired) electrons. The molecule has 28 heavy (non-hydrogen) atoms. The number of aryl methyl sites for hydroxylation is 3. The van der Waals surface area contributed by atoms with Crippen LogP contribution in [0.4, 0.5) is 11.8 Å². The third-order valence-corrected chi connectivity index (χ3v) is 7.10. The molecular formula is C21H26N6S. The molecule has 0 amide bonds. The topological polar surface area (TPSA) is 58.0 Å². The van der Waals surface area contributed by atoms with Gasteiger partial charge in [0, 0.05) is 42.4 Å². The Morgan fingerprint density at radius 3 is 2.46 bits per heavy atom. The van der Waals surface area contributed by atoms with E-state index in [0.29, 0.717) is 0 Å². The SMILES string of the molecule is Cc1cc(C)nc(N2CCN(c3ncnc4sc5c(c34)C[C@@H](C)CC5)CC2)n1. The molecule has 6 nitrogen and oxygen atoms in total. The van der Waals surface area contributed by atoms with E-state index < -0.39 is 0 Å². The van der Waals surface area contributed by atoms with Gasteiger partial charge < -0.3 is 9.80 Å². The molecule has 2 aliphatic rings. The normalized spacial score (nSPS) is 19.9. The van der Waals surface area contributed by atoms with E-state index in [4.69, 9.17) is 4.98 Å². The minimum absolute atomic E-state index is 0.747. The molecule has 4 heterocycles. The first-order valence-electron chi connectivity index (χ1n) is 10.2. The summed E-state index contributed by atoms with van der Waals surface area (Å²) in [6, 6.07) is 2.03. The van der Waals surface area contributed by atoms with E-state index in [9.17, 15) is 0 Å². The Morgan fingerprint density at radius 2 is 1.71 bits per heavy atom. The quantitative estimate of drug-likeness (QED) is 0.662. The zero-order chi connectivity index (χ0) is 19.3. The van der Waals surface area contributed by atoms with E-state index in [-0.39, 0.29) is 0 Å². The summed E-state index contributed by atoms with van der Waals surface area (Å²) in [6.07, 6.45) is 5.38. The van der Waals surface area contributed by atoms with Gasteiger partial charge >= 0.3 is 0 Å². The Kier molecular flexibility index (Phi) is 4.42. The number of thiophene rings is 1. The van der Waals surface area contributed by atoms with Gasteiger partial charge in [-0.15, -0.1) is 11.3 Å². The van der Waals surface area contributed by atoms with E-state index >= 15 is 0 Å². The van der Waals surface area contributed by atoms with Gasteiger partial charge in [0.25, 0.3) is 0 Å². The van der Waals surface area contributed by atoms with Crippen molar-refractivity contribution in [2.24, 2.45) is 5.92 Å². The summed E-state index contributed by atoms with van der Waals surface area (Å²) in [5.74, 6) is 2.72. The van der Waals surface area contributed by atoms with Gasteiger partial charge in [-0.25, -0.2) is 19.9 Å². The van der Waals surface area contributed by atoms with E-state index in [1.54, 1.807) is 6.33 Å². The zero-order valence-corrected chi connectivity index (χ0v) is 17.6. The second-order valence-electron chi connectivity index (χ2n) is 8.15. The van der Waals surface area contributed by atoms with Crippen LogP contribution in [0.5, 0.6) is 0 Å². The van der Waals surface area contributed by atoms with Crippen molar-refractivity contribution in [2.45, 2.75) is 40.0 Å². The summed E-state index contributed by atoms with van der Waals surface area (Å²) >= 11 is 1.87. The lowest BCUT2D eigenvalue weighted by molar-refractivity contribution is 0.508. The van der Waals surface area contributed by atoms with Crippen molar-refractivity contribution >= 4 is 33.3 Å². The second-order valence-corrected chi connectivity index (χ2v) is 9.24. The molecule has 1 fully saturated rings. The average molecular weight is 395 g/mol. The fraction of sp³-hybridized carbons (Fsp3) is 0.524. The molecule has 7 heteroatoms. The van der Waals surface area contributed by atoms with Crippen LogP contribution >= 0.6 is 11.3 Å². The van der Waals surface area contributed by atoms with Crippen LogP contribution in [-0.2, 0) is 12.8 Å². The molecule has 1 aliphatic heterocycles. The van der Waals surface area contributed by atoms with Crippen LogP contribution in [0.25, 0.3) is 10.2 Å². The molecule has 5 rings (SSSR count). The lowest BCUT2D eigenvalue weighted by Crippen LogP contribution is -2.47. The highest BCUT2D eigenvalue weighted by molar-refractivity contribution is 7.19. The van der Waals surface area contributed by atoms with Crippen LogP contribution in [0.1, 0.15) is 35.2 Å². The van der Waals surface area contributed by atoms with Gasteiger partial charge in [0.2, 0.25) is 5.95 Å². The highest BCUT2D eigenvalue weighted by Crippen LogP contribution is 2.40. The molecule has 146 valence electrons. The lowest BCUT2D eigenvalue weighted by Gasteiger charge is -2.36. The number of anilines is 2. The molecule has 1 atom stereocenters. The molecule has 0 bridgehead atoms. The Bertz CT molecular complexity index is 1000. The summed E-state index contributed by atoms with van der Waals surface area (Å²) in [5.41, 5.74) is 3.57. The van der Waals surface area contributed by atoms with Gasteiger partial charge in [-0.2, -0.15) is 0 Å². The summed E-state index contributed by atoms with van der Waals surface area (Å²) in [5, 5.41) is 1.31. The molecule has 0 spiro atoms. The molecule has 3 aromatic heterocycles. The van der Waals surface area contributed by atoms with Crippen LogP contribution in [0, 0.1) is 19.8 Å². The van der Waals surface area contributed by atoms with E-state index in [1.807, 2.05) is 31.3 Å². The minimum atomic E-state index is 0.747. The van der Waals surface area contributed by atoms with Gasteiger partial charge in [-0.1, -0.05) is 6.92 Å². The third-order valence-electron chi connectivity index (χ3n) is 5.90. The average Bonchev–Trinajstić information content (AvgIpc) is 3.05. The summed E-state index contributed by atoms with van der Waals surface area (Å²) in [4.78, 5) is 26.0. The molecule has 1 saturated heterocycles. The van der Waals surface area contributed by atoms with Gasteiger partial charge in [0.1, 0.15) is 17.0 Å². The lowest BCUT2D eigenvalue weighted by atomic mass is 9.88. The highest BCUT2D eigenvalue weighted by Gasteiger charge is 2.27. The van der Waals surface area contributed by atoms with Crippen LogP contribution in [-0.4, -0.2) is 46.1 Å². The predicted molar refractivity (Wildman–Crippen MR) is 115 cm³/mol. The van der Waals surface area contributed by atoms with E-state index in [2.05, 4.69) is 31.7 Å². The number of fused-ring (bicyclic) bond motifs is 3. The van der Waals surface area contributed by atoms with Gasteiger partial charge in [-0.05, 0) is 50.7 Å². The Labute approximate surface area is 169 Å². The molecule has 0 aromatic carbocycles. The standard InChI is InChI=1S/C21H26N6S/c1-13-4-5-17-16(10-13)18-19(22-12-23-20(18)28-17)26-6-8-27(9-7-26)21-24-14(2)11-15(3)25-21/h11-13H,4-10H2,1-3H3/t13-/m0/s1. The number of nitrogens with zero attached hydrogens (tertiary/aromatic N) is 6. The number of hydrogen-bond acceptors (Lipinski definition) is 7. The second kappa shape index (κ2) is 6.95. The van der Waals surface area contributed by atoms with Gasteiger partial charge in [-0.3, -0.25) is 0 Å². The fourth-order valence-electron chi connectivity index (χ4n) is 4.47. The van der Waals surface area contributed by atoms with Crippen molar-refractivity contribution < 1.29 is 0 Å². The summed E-state index contributed by atoms with van der Waals surface area (Å²) < 4.78 is 0. The largest absolute Gasteiger partial charge is 0.352 e. The maximum Gasteiger partial charge on any atom is 0.225 e. The van der Waals surface area contributed by atoms with Crippen LogP contribution in [0.3, 0.4) is 0 Å². The van der Waals surface area contributed by atoms with Gasteiger partial charge in [0.15, 0.2) is 0 Å². The number of hydrogen-bond donors (Lipinski definition) is 0. The fourth-order valence-corrected chi connectivity index (χ4v) is 5.65. The number of aromatic nitrogens is 4. The van der Waals surface area contributed by atoms with Crippen LogP contribution in [0.2, 0.25) is 0 Å². The van der Waals surface area contributed by atoms with Gasteiger partial charge in [0.05, 0.1) is 5.39 Å². The first-order valence-corrected chi connectivity index (χ1v) is 11.0. The van der Waals surface area contributed by atoms with Crippen molar-refractivity contribution in [1.82, 2.24) is 19.9 Å². The van der Waals surface area contributed by atoms with Crippen molar-refractivity contribution in [3.8, 4) is 0 Å². The van der Waals surface area contributed by atoms with Crippen molar-refractivity contribution in [1.29, 1.82) is 0 Å². The maximum atomic E-state index is 4.73. The van der Waals surface area contributed by atoms with Crippen molar-refractivity contribution in [2.75, 3.05) is 36.0 Å². The molecule has 1 aliphatic carbocycles. The number of piperazine rings is 1. The summed E-state index contributed by atoms with van der Waals surface area (Å²) in [7, 11) is 0. The minimum Gasteiger partial charge on any atom is -0.352 e. The summed E-state index contributed by atoms with van der Waals surface area (Å²) in [6.45, 7) is 10.1. The monoisotopic (exact) mass is 394 g/mol. The Morgan fingerprint density at radius 1 is 1.00 bits per heavy atom. The van der Waals surface area contributed by atoms with Crippen molar-refractivity contribution in [3.63, 3.8) is 0 Å². The maximum absolute atomic E-state index is 4.73. The van der Waals surface area contributed by atoms with Crippen molar-refractivity contribution in [3.05, 3.63) is 34.2 Å². The zero-order valence-electron chi connectivity index (χ0n) is 16.8. The smallest absolute Gasteiger partial charge is 0.225 e. The molecule has 3 aromatic rings. The molecule has 0 unspecified atom stereocenters. The van der Waals surface area contributed by atoms with E-state index in [1.165, 1.54) is 28.7 Å². The van der Waals surface area contributed by atoms with E-state index in [0.717, 1.165) is 66.5 Å².